The molecule has 106 valence electrons. The second-order valence-electron chi connectivity index (χ2n) is 5.19. The van der Waals surface area contributed by atoms with Gasteiger partial charge in [-0.2, -0.15) is 0 Å². The van der Waals surface area contributed by atoms with Crippen LogP contribution in [0.1, 0.15) is 32.4 Å². The lowest BCUT2D eigenvalue weighted by atomic mass is 10.1. The average molecular weight is 287 g/mol. The number of hydrogen-bond acceptors (Lipinski definition) is 4. The maximum Gasteiger partial charge on any atom is 0.407 e. The van der Waals surface area contributed by atoms with Crippen LogP contribution in [0.4, 0.5) is 4.79 Å². The summed E-state index contributed by atoms with van der Waals surface area (Å²) in [5, 5.41) is 12.7. The van der Waals surface area contributed by atoms with Crippen molar-refractivity contribution in [3.63, 3.8) is 0 Å². The Bertz CT molecular complexity index is 458. The number of rotatable bonds is 3. The van der Waals surface area contributed by atoms with E-state index in [9.17, 15) is 9.90 Å². The highest BCUT2D eigenvalue weighted by Gasteiger charge is 2.18. The fourth-order valence-electron chi connectivity index (χ4n) is 1.44. The molecule has 19 heavy (non-hydrogen) atoms. The summed E-state index contributed by atoms with van der Waals surface area (Å²) in [6.07, 6.45) is -0.551. The van der Waals surface area contributed by atoms with Gasteiger partial charge in [0.15, 0.2) is 0 Å². The monoisotopic (exact) mass is 286 g/mol. The predicted octanol–water partition coefficient (Wildman–Crippen LogP) is 2.57. The minimum Gasteiger partial charge on any atom is -0.508 e. The maximum atomic E-state index is 11.5. The van der Waals surface area contributed by atoms with Crippen molar-refractivity contribution in [1.82, 2.24) is 5.32 Å². The van der Waals surface area contributed by atoms with E-state index in [2.05, 4.69) is 5.32 Å². The molecule has 1 atom stereocenters. The molecule has 0 saturated carbocycles. The molecular formula is C13H19ClN2O3. The number of alkyl carbamates (subject to hydrolysis) is 1. The number of nitrogens with two attached hydrogens (primary N) is 1. The second-order valence-corrected chi connectivity index (χ2v) is 5.63. The quantitative estimate of drug-likeness (QED) is 0.797. The Morgan fingerprint density at radius 3 is 2.74 bits per heavy atom. The molecule has 0 spiro atoms. The highest BCUT2D eigenvalue weighted by atomic mass is 35.5. The first-order valence-corrected chi connectivity index (χ1v) is 6.27. The Hall–Kier alpha value is -1.46. The summed E-state index contributed by atoms with van der Waals surface area (Å²) >= 11 is 5.83. The lowest BCUT2D eigenvalue weighted by molar-refractivity contribution is 0.0524. The topological polar surface area (TPSA) is 84.6 Å². The summed E-state index contributed by atoms with van der Waals surface area (Å²) < 4.78 is 5.08. The first kappa shape index (κ1) is 15.6. The number of nitrogens with one attached hydrogen (secondary N) is 1. The van der Waals surface area contributed by atoms with Gasteiger partial charge in [0.05, 0.1) is 6.04 Å². The summed E-state index contributed by atoms with van der Waals surface area (Å²) in [5.74, 6) is 0.0443. The number of carbonyl (C=O) groups excluding carboxylic acids is 1. The van der Waals surface area contributed by atoms with Crippen LogP contribution in [0.2, 0.25) is 5.02 Å². The van der Waals surface area contributed by atoms with Crippen LogP contribution < -0.4 is 11.1 Å². The maximum absolute atomic E-state index is 11.5. The van der Waals surface area contributed by atoms with E-state index in [1.54, 1.807) is 32.9 Å². The van der Waals surface area contributed by atoms with Crippen LogP contribution >= 0.6 is 11.6 Å². The molecule has 0 aromatic heterocycles. The van der Waals surface area contributed by atoms with E-state index in [1.807, 2.05) is 0 Å². The SMILES string of the molecule is CC(C)(C)OC(=O)NCC(N)c1cc(Cl)ccc1O. The third-order valence-electron chi connectivity index (χ3n) is 2.25. The zero-order valence-corrected chi connectivity index (χ0v) is 12.0. The zero-order valence-electron chi connectivity index (χ0n) is 11.2. The number of halogens is 1. The summed E-state index contributed by atoms with van der Waals surface area (Å²) in [6, 6.07) is 4.03. The van der Waals surface area contributed by atoms with Crippen molar-refractivity contribution in [3.8, 4) is 5.75 Å². The van der Waals surface area contributed by atoms with Crippen molar-refractivity contribution in [2.45, 2.75) is 32.4 Å². The Balaban J connectivity index is 2.58. The molecule has 0 saturated heterocycles. The summed E-state index contributed by atoms with van der Waals surface area (Å²) in [5.41, 5.74) is 5.80. The van der Waals surface area contributed by atoms with Crippen LogP contribution in [0.5, 0.6) is 5.75 Å². The molecule has 0 aliphatic rings. The molecule has 1 aromatic carbocycles. The fourth-order valence-corrected chi connectivity index (χ4v) is 1.62. The number of hydrogen-bond donors (Lipinski definition) is 3. The van der Waals surface area contributed by atoms with Gasteiger partial charge in [-0.25, -0.2) is 4.79 Å². The lowest BCUT2D eigenvalue weighted by Gasteiger charge is -2.21. The van der Waals surface area contributed by atoms with Gasteiger partial charge >= 0.3 is 6.09 Å². The Morgan fingerprint density at radius 2 is 2.16 bits per heavy atom. The Kier molecular flexibility index (Phi) is 5.03. The molecule has 0 fully saturated rings. The largest absolute Gasteiger partial charge is 0.508 e. The van der Waals surface area contributed by atoms with Gasteiger partial charge in [-0.05, 0) is 39.0 Å². The van der Waals surface area contributed by atoms with Crippen LogP contribution in [0.3, 0.4) is 0 Å². The molecule has 0 radical (unpaired) electrons. The van der Waals surface area contributed by atoms with E-state index >= 15 is 0 Å². The van der Waals surface area contributed by atoms with Gasteiger partial charge in [0.25, 0.3) is 0 Å². The van der Waals surface area contributed by atoms with E-state index < -0.39 is 17.7 Å². The van der Waals surface area contributed by atoms with Crippen LogP contribution in [0.15, 0.2) is 18.2 Å². The van der Waals surface area contributed by atoms with E-state index in [4.69, 9.17) is 22.1 Å². The van der Waals surface area contributed by atoms with Gasteiger partial charge < -0.3 is 20.9 Å². The van der Waals surface area contributed by atoms with Gasteiger partial charge in [0, 0.05) is 17.1 Å². The molecule has 1 amide bonds. The van der Waals surface area contributed by atoms with Crippen molar-refractivity contribution in [1.29, 1.82) is 0 Å². The first-order chi connectivity index (χ1) is 8.69. The molecule has 0 aliphatic heterocycles. The van der Waals surface area contributed by atoms with Crippen molar-refractivity contribution in [2.24, 2.45) is 5.73 Å². The fraction of sp³-hybridized carbons (Fsp3) is 0.462. The normalized spacial score (nSPS) is 12.9. The Labute approximate surface area is 117 Å². The summed E-state index contributed by atoms with van der Waals surface area (Å²) in [4.78, 5) is 11.5. The second kappa shape index (κ2) is 6.12. The third kappa shape index (κ3) is 5.36. The van der Waals surface area contributed by atoms with Gasteiger partial charge in [0.2, 0.25) is 0 Å². The molecule has 1 aromatic rings. The molecule has 5 nitrogen and oxygen atoms in total. The average Bonchev–Trinajstić information content (AvgIpc) is 2.27. The summed E-state index contributed by atoms with van der Waals surface area (Å²) in [6.45, 7) is 5.46. The van der Waals surface area contributed by atoms with Crippen molar-refractivity contribution in [2.75, 3.05) is 6.54 Å². The van der Waals surface area contributed by atoms with Gasteiger partial charge in [0.1, 0.15) is 11.4 Å². The molecule has 1 rings (SSSR count). The minimum atomic E-state index is -0.564. The van der Waals surface area contributed by atoms with E-state index in [0.717, 1.165) is 0 Å². The van der Waals surface area contributed by atoms with Crippen molar-refractivity contribution < 1.29 is 14.6 Å². The standard InChI is InChI=1S/C13H19ClN2O3/c1-13(2,3)19-12(18)16-7-10(15)9-6-8(14)4-5-11(9)17/h4-6,10,17H,7,15H2,1-3H3,(H,16,18). The van der Waals surface area contributed by atoms with Crippen LogP contribution in [-0.4, -0.2) is 23.3 Å². The van der Waals surface area contributed by atoms with Crippen LogP contribution in [0, 0.1) is 0 Å². The van der Waals surface area contributed by atoms with Crippen molar-refractivity contribution >= 4 is 17.7 Å². The van der Waals surface area contributed by atoms with E-state index in [1.165, 1.54) is 6.07 Å². The van der Waals surface area contributed by atoms with Gasteiger partial charge in [-0.1, -0.05) is 11.6 Å². The smallest absolute Gasteiger partial charge is 0.407 e. The third-order valence-corrected chi connectivity index (χ3v) is 2.49. The van der Waals surface area contributed by atoms with Crippen LogP contribution in [0.25, 0.3) is 0 Å². The molecular weight excluding hydrogens is 268 g/mol. The highest BCUT2D eigenvalue weighted by molar-refractivity contribution is 6.30. The number of aromatic hydroxyl groups is 1. The number of benzene rings is 1. The number of phenols is 1. The summed E-state index contributed by atoms with van der Waals surface area (Å²) in [7, 11) is 0. The Morgan fingerprint density at radius 1 is 1.53 bits per heavy atom. The number of phenolic OH excluding ortho intramolecular Hbond substituents is 1. The highest BCUT2D eigenvalue weighted by Crippen LogP contribution is 2.25. The number of amides is 1. The van der Waals surface area contributed by atoms with E-state index in [-0.39, 0.29) is 12.3 Å². The lowest BCUT2D eigenvalue weighted by Crippen LogP contribution is -2.36. The molecule has 0 aliphatic carbocycles. The minimum absolute atomic E-state index is 0.0443. The van der Waals surface area contributed by atoms with E-state index in [0.29, 0.717) is 10.6 Å². The molecule has 1 unspecified atom stereocenters. The number of ether oxygens (including phenoxy) is 1. The van der Waals surface area contributed by atoms with Gasteiger partial charge in [-0.3, -0.25) is 0 Å². The molecule has 4 N–H and O–H groups in total. The zero-order chi connectivity index (χ0) is 14.6. The van der Waals surface area contributed by atoms with Crippen molar-refractivity contribution in [3.05, 3.63) is 28.8 Å². The molecule has 0 heterocycles. The van der Waals surface area contributed by atoms with Crippen LogP contribution in [-0.2, 0) is 4.74 Å². The predicted molar refractivity (Wildman–Crippen MR) is 74.3 cm³/mol. The molecule has 0 bridgehead atoms. The molecule has 6 heteroatoms. The van der Waals surface area contributed by atoms with Gasteiger partial charge in [-0.15, -0.1) is 0 Å². The number of carbonyl (C=O) groups is 1. The first-order valence-electron chi connectivity index (χ1n) is 5.90.